The zero-order valence-corrected chi connectivity index (χ0v) is 17.1. The van der Waals surface area contributed by atoms with E-state index in [9.17, 15) is 22.0 Å². The first-order valence-corrected chi connectivity index (χ1v) is 10.6. The maximum Gasteiger partial charge on any atom is 0.246 e. The lowest BCUT2D eigenvalue weighted by Gasteiger charge is -2.31. The van der Waals surface area contributed by atoms with Gasteiger partial charge in [-0.05, 0) is 43.2 Å². The number of carbonyl (C=O) groups is 1. The van der Waals surface area contributed by atoms with Gasteiger partial charge in [-0.2, -0.15) is 4.31 Å². The Hall–Kier alpha value is -2.23. The van der Waals surface area contributed by atoms with Crippen LogP contribution in [0.4, 0.5) is 14.5 Å². The number of hydrogen-bond acceptors (Lipinski definition) is 4. The fraction of sp³-hybridized carbons (Fsp3) is 0.316. The van der Waals surface area contributed by atoms with E-state index < -0.39 is 33.5 Å². The number of piperidine rings is 1. The molecule has 0 saturated carbocycles. The summed E-state index contributed by atoms with van der Waals surface area (Å²) in [5.74, 6) is -2.36. The Bertz CT molecular complexity index is 1020. The van der Waals surface area contributed by atoms with Gasteiger partial charge in [-0.15, -0.1) is 0 Å². The van der Waals surface area contributed by atoms with Crippen LogP contribution in [-0.2, 0) is 14.8 Å². The van der Waals surface area contributed by atoms with E-state index >= 15 is 0 Å². The van der Waals surface area contributed by atoms with Gasteiger partial charge in [0.2, 0.25) is 15.9 Å². The second kappa shape index (κ2) is 8.64. The Morgan fingerprint density at radius 3 is 2.48 bits per heavy atom. The lowest BCUT2D eigenvalue weighted by atomic mass is 9.97. The third-order valence-corrected chi connectivity index (χ3v) is 6.91. The van der Waals surface area contributed by atoms with Crippen LogP contribution in [-0.4, -0.2) is 38.8 Å². The minimum atomic E-state index is -3.86. The summed E-state index contributed by atoms with van der Waals surface area (Å²) < 4.78 is 59.0. The monoisotopic (exact) mass is 444 g/mol. The number of rotatable bonds is 5. The Labute approximate surface area is 172 Å². The van der Waals surface area contributed by atoms with Gasteiger partial charge in [-0.3, -0.25) is 4.79 Å². The maximum absolute atomic E-state index is 13.7. The van der Waals surface area contributed by atoms with Crippen LogP contribution in [0, 0.1) is 17.6 Å². The van der Waals surface area contributed by atoms with E-state index in [1.807, 2.05) is 0 Å². The highest BCUT2D eigenvalue weighted by molar-refractivity contribution is 7.89. The number of hydrogen-bond donors (Lipinski definition) is 1. The molecule has 29 heavy (non-hydrogen) atoms. The van der Waals surface area contributed by atoms with Crippen molar-refractivity contribution in [2.24, 2.45) is 5.92 Å². The molecule has 0 aromatic heterocycles. The summed E-state index contributed by atoms with van der Waals surface area (Å²) in [6.45, 7) is 0.226. The molecule has 1 saturated heterocycles. The molecule has 1 aliphatic heterocycles. The third kappa shape index (κ3) is 4.68. The highest BCUT2D eigenvalue weighted by atomic mass is 35.5. The Morgan fingerprint density at radius 2 is 1.86 bits per heavy atom. The Balaban J connectivity index is 1.68. The molecule has 1 N–H and O–H groups in total. The zero-order chi connectivity index (χ0) is 21.2. The van der Waals surface area contributed by atoms with Crippen LogP contribution >= 0.6 is 11.6 Å². The summed E-state index contributed by atoms with van der Waals surface area (Å²) >= 11 is 5.94. The van der Waals surface area contributed by atoms with Gasteiger partial charge < -0.3 is 10.1 Å². The number of halogens is 3. The molecule has 0 bridgehead atoms. The zero-order valence-electron chi connectivity index (χ0n) is 15.5. The molecule has 1 fully saturated rings. The van der Waals surface area contributed by atoms with E-state index in [1.165, 1.54) is 29.6 Å². The molecular formula is C19H19ClF2N2O4S. The van der Waals surface area contributed by atoms with Gasteiger partial charge in [-0.25, -0.2) is 17.2 Å². The predicted octanol–water partition coefficient (Wildman–Crippen LogP) is 3.67. The number of nitrogens with zero attached hydrogens (tertiary/aromatic N) is 1. The molecule has 10 heteroatoms. The van der Waals surface area contributed by atoms with Crippen LogP contribution in [0.15, 0.2) is 41.3 Å². The minimum Gasteiger partial charge on any atom is -0.495 e. The Morgan fingerprint density at radius 1 is 1.17 bits per heavy atom. The van der Waals surface area contributed by atoms with Gasteiger partial charge in [0.05, 0.1) is 12.8 Å². The number of anilines is 1. The normalized spacial score (nSPS) is 15.9. The second-order valence-corrected chi connectivity index (χ2v) is 8.93. The molecule has 0 radical (unpaired) electrons. The maximum atomic E-state index is 13.7. The largest absolute Gasteiger partial charge is 0.495 e. The lowest BCUT2D eigenvalue weighted by molar-refractivity contribution is -0.120. The van der Waals surface area contributed by atoms with Gasteiger partial charge in [0.1, 0.15) is 22.3 Å². The van der Waals surface area contributed by atoms with Crippen LogP contribution in [0.2, 0.25) is 5.02 Å². The molecule has 1 aliphatic rings. The highest BCUT2D eigenvalue weighted by Crippen LogP contribution is 2.32. The van der Waals surface area contributed by atoms with E-state index in [2.05, 4.69) is 5.32 Å². The molecule has 0 spiro atoms. The first kappa shape index (κ1) is 21.5. The number of amides is 1. The molecule has 1 amide bonds. The molecule has 2 aromatic carbocycles. The molecule has 1 heterocycles. The van der Waals surface area contributed by atoms with Crippen molar-refractivity contribution in [1.82, 2.24) is 4.31 Å². The van der Waals surface area contributed by atoms with Gasteiger partial charge in [-0.1, -0.05) is 11.6 Å². The van der Waals surface area contributed by atoms with Crippen molar-refractivity contribution >= 4 is 33.2 Å². The fourth-order valence-electron chi connectivity index (χ4n) is 3.18. The smallest absolute Gasteiger partial charge is 0.246 e. The quantitative estimate of drug-likeness (QED) is 0.763. The van der Waals surface area contributed by atoms with Crippen molar-refractivity contribution < 1.29 is 26.7 Å². The summed E-state index contributed by atoms with van der Waals surface area (Å²) in [5, 5.41) is 2.70. The molecule has 0 unspecified atom stereocenters. The first-order chi connectivity index (χ1) is 13.7. The van der Waals surface area contributed by atoms with Crippen molar-refractivity contribution in [2.45, 2.75) is 17.7 Å². The number of ether oxygens (including phenoxy) is 1. The number of methoxy groups -OCH3 is 1. The summed E-state index contributed by atoms with van der Waals surface area (Å²) in [5.41, 5.74) is -0.116. The summed E-state index contributed by atoms with van der Waals surface area (Å²) in [6, 6.07) is 7.21. The summed E-state index contributed by atoms with van der Waals surface area (Å²) in [6.07, 6.45) is 0.521. The summed E-state index contributed by atoms with van der Waals surface area (Å²) in [7, 11) is -2.49. The van der Waals surface area contributed by atoms with Crippen LogP contribution in [0.3, 0.4) is 0 Å². The first-order valence-electron chi connectivity index (χ1n) is 8.82. The van der Waals surface area contributed by atoms with E-state index in [1.54, 1.807) is 0 Å². The van der Waals surface area contributed by atoms with Crippen LogP contribution in [0.1, 0.15) is 12.8 Å². The van der Waals surface area contributed by atoms with Crippen molar-refractivity contribution in [2.75, 3.05) is 25.5 Å². The van der Waals surface area contributed by atoms with Gasteiger partial charge >= 0.3 is 0 Å². The number of carbonyl (C=O) groups excluding carboxylic acids is 1. The number of benzene rings is 2. The van der Waals surface area contributed by atoms with E-state index in [0.717, 1.165) is 12.1 Å². The fourth-order valence-corrected chi connectivity index (χ4v) is 5.06. The molecule has 6 nitrogen and oxygen atoms in total. The average molecular weight is 445 g/mol. The van der Waals surface area contributed by atoms with Crippen LogP contribution in [0.25, 0.3) is 0 Å². The molecular weight excluding hydrogens is 426 g/mol. The molecule has 3 rings (SSSR count). The number of nitrogens with one attached hydrogen (secondary N) is 1. The van der Waals surface area contributed by atoms with Crippen molar-refractivity contribution in [3.8, 4) is 5.75 Å². The average Bonchev–Trinajstić information content (AvgIpc) is 2.70. The molecule has 0 aliphatic carbocycles. The van der Waals surface area contributed by atoms with E-state index in [0.29, 0.717) is 6.07 Å². The van der Waals surface area contributed by atoms with Crippen LogP contribution in [0.5, 0.6) is 5.75 Å². The minimum absolute atomic E-state index is 0.0382. The van der Waals surface area contributed by atoms with Crippen molar-refractivity contribution in [1.29, 1.82) is 0 Å². The standard InChI is InChI=1S/C19H19ClF2N2O4S/c1-28-17-5-2-13(20)10-18(17)29(26,27)24-8-6-12(7-9-24)19(25)23-16-4-3-14(21)11-15(16)22/h2-5,10-12H,6-9H2,1H3,(H,23,25). The van der Waals surface area contributed by atoms with Crippen molar-refractivity contribution in [3.63, 3.8) is 0 Å². The van der Waals surface area contributed by atoms with Gasteiger partial charge in [0.25, 0.3) is 0 Å². The van der Waals surface area contributed by atoms with Crippen LogP contribution < -0.4 is 10.1 Å². The highest BCUT2D eigenvalue weighted by Gasteiger charge is 2.34. The number of sulfonamides is 1. The van der Waals surface area contributed by atoms with Gasteiger partial charge in [0, 0.05) is 30.1 Å². The summed E-state index contributed by atoms with van der Waals surface area (Å²) in [4.78, 5) is 12.4. The van der Waals surface area contributed by atoms with Gasteiger partial charge in [0.15, 0.2) is 0 Å². The van der Waals surface area contributed by atoms with Crippen molar-refractivity contribution in [3.05, 3.63) is 53.1 Å². The Kier molecular flexibility index (Phi) is 6.40. The lowest BCUT2D eigenvalue weighted by Crippen LogP contribution is -2.41. The molecule has 156 valence electrons. The predicted molar refractivity (Wildman–Crippen MR) is 104 cm³/mol. The molecule has 0 atom stereocenters. The van der Waals surface area contributed by atoms with E-state index in [4.69, 9.17) is 16.3 Å². The third-order valence-electron chi connectivity index (χ3n) is 4.76. The second-order valence-electron chi connectivity index (χ2n) is 6.59. The molecule has 2 aromatic rings. The van der Waals surface area contributed by atoms with E-state index in [-0.39, 0.29) is 47.3 Å². The topological polar surface area (TPSA) is 75.7 Å². The SMILES string of the molecule is COc1ccc(Cl)cc1S(=O)(=O)N1CCC(C(=O)Nc2ccc(F)cc2F)CC1.